The summed E-state index contributed by atoms with van der Waals surface area (Å²) in [6.07, 6.45) is 0.568. The van der Waals surface area contributed by atoms with E-state index in [9.17, 15) is 9.59 Å². The molecule has 0 unspecified atom stereocenters. The van der Waals surface area contributed by atoms with Crippen LogP contribution >= 0.6 is 0 Å². The molecular weight excluding hydrogens is 246 g/mol. The number of nitrogens with zero attached hydrogens (tertiary/aromatic N) is 3. The quantitative estimate of drug-likeness (QED) is 0.810. The van der Waals surface area contributed by atoms with Gasteiger partial charge in [-0.2, -0.15) is 0 Å². The zero-order chi connectivity index (χ0) is 14.0. The molecule has 0 amide bonds. The molecule has 0 bridgehead atoms. The first kappa shape index (κ1) is 13.6. The van der Waals surface area contributed by atoms with Gasteiger partial charge in [0.15, 0.2) is 11.6 Å². The van der Waals surface area contributed by atoms with Gasteiger partial charge in [0.1, 0.15) is 0 Å². The third kappa shape index (κ3) is 2.78. The van der Waals surface area contributed by atoms with Crippen LogP contribution in [0.2, 0.25) is 0 Å². The highest BCUT2D eigenvalue weighted by Gasteiger charge is 2.34. The normalized spacial score (nSPS) is 17.4. The number of likely N-dealkylation sites (N-methyl/N-ethyl adjacent to an activating group) is 1. The van der Waals surface area contributed by atoms with Crippen molar-refractivity contribution in [3.8, 4) is 0 Å². The van der Waals surface area contributed by atoms with Crippen LogP contribution in [-0.2, 0) is 6.42 Å². The van der Waals surface area contributed by atoms with Gasteiger partial charge in [-0.05, 0) is 14.1 Å². The van der Waals surface area contributed by atoms with Crippen molar-refractivity contribution in [3.05, 3.63) is 17.3 Å². The largest absolute Gasteiger partial charge is 0.437 e. The number of hydrogen-bond acceptors (Lipinski definition) is 6. The Hall–Kier alpha value is -1.82. The van der Waals surface area contributed by atoms with E-state index in [1.165, 1.54) is 0 Å². The number of rotatable bonds is 4. The average molecular weight is 263 g/mol. The molecule has 1 heterocycles. The van der Waals surface area contributed by atoms with Crippen molar-refractivity contribution in [2.45, 2.75) is 19.8 Å². The highest BCUT2D eigenvalue weighted by Crippen LogP contribution is 2.21. The molecule has 0 radical (unpaired) electrons. The van der Waals surface area contributed by atoms with Crippen molar-refractivity contribution in [3.63, 3.8) is 0 Å². The number of oxazole rings is 1. The van der Waals surface area contributed by atoms with E-state index in [-0.39, 0.29) is 35.2 Å². The second kappa shape index (κ2) is 5.44. The van der Waals surface area contributed by atoms with E-state index in [4.69, 9.17) is 4.42 Å². The summed E-state index contributed by atoms with van der Waals surface area (Å²) >= 11 is 0. The Kier molecular flexibility index (Phi) is 3.90. The van der Waals surface area contributed by atoms with Gasteiger partial charge in [0.25, 0.3) is 0 Å². The van der Waals surface area contributed by atoms with Crippen LogP contribution in [0.25, 0.3) is 0 Å². The lowest BCUT2D eigenvalue weighted by Gasteiger charge is -2.11. The maximum Gasteiger partial charge on any atom is 0.229 e. The van der Waals surface area contributed by atoms with E-state index in [1.807, 2.05) is 25.9 Å². The number of fused-ring (bicyclic) bond motifs is 1. The lowest BCUT2D eigenvalue weighted by molar-refractivity contribution is 0.0938. The van der Waals surface area contributed by atoms with Gasteiger partial charge < -0.3 is 9.32 Å². The van der Waals surface area contributed by atoms with Crippen LogP contribution in [0, 0.1) is 0 Å². The first-order chi connectivity index (χ1) is 9.02. The molecule has 6 heteroatoms. The SMILES string of the molecule is CCc1nc2c(o1)C(=O)CC(=NCCN(C)C)C2=O. The molecule has 0 N–H and O–H groups in total. The van der Waals surface area contributed by atoms with Gasteiger partial charge in [0.05, 0.1) is 18.7 Å². The molecule has 0 aliphatic heterocycles. The summed E-state index contributed by atoms with van der Waals surface area (Å²) in [4.78, 5) is 34.3. The molecule has 1 aromatic rings. The fourth-order valence-electron chi connectivity index (χ4n) is 1.82. The van der Waals surface area contributed by atoms with Gasteiger partial charge in [-0.1, -0.05) is 6.92 Å². The highest BCUT2D eigenvalue weighted by atomic mass is 16.4. The molecule has 6 nitrogen and oxygen atoms in total. The number of ketones is 2. The second-order valence-electron chi connectivity index (χ2n) is 4.70. The minimum absolute atomic E-state index is 0.0115. The highest BCUT2D eigenvalue weighted by molar-refractivity contribution is 6.51. The van der Waals surface area contributed by atoms with Crippen LogP contribution in [0.1, 0.15) is 40.3 Å². The predicted octanol–water partition coefficient (Wildman–Crippen LogP) is 1.01. The molecule has 0 fully saturated rings. The van der Waals surface area contributed by atoms with E-state index in [1.54, 1.807) is 0 Å². The molecule has 0 saturated carbocycles. The standard InChI is InChI=1S/C13H17N3O3/c1-4-10-15-11-12(18)8(14-5-6-16(2)3)7-9(17)13(11)19-10/h4-7H2,1-3H3. The summed E-state index contributed by atoms with van der Waals surface area (Å²) in [5, 5.41) is 0. The number of carbonyl (C=O) groups is 2. The van der Waals surface area contributed by atoms with Crippen LogP contribution in [-0.4, -0.2) is 54.3 Å². The van der Waals surface area contributed by atoms with Crippen LogP contribution < -0.4 is 0 Å². The Balaban J connectivity index is 2.24. The fourth-order valence-corrected chi connectivity index (χ4v) is 1.82. The van der Waals surface area contributed by atoms with Gasteiger partial charge >= 0.3 is 0 Å². The molecule has 102 valence electrons. The van der Waals surface area contributed by atoms with Crippen LogP contribution in [0.4, 0.5) is 0 Å². The van der Waals surface area contributed by atoms with Crippen LogP contribution in [0.3, 0.4) is 0 Å². The Morgan fingerprint density at radius 1 is 1.37 bits per heavy atom. The Bertz CT molecular complexity index is 543. The van der Waals surface area contributed by atoms with E-state index >= 15 is 0 Å². The number of Topliss-reactive ketones (excluding diaryl/α,β-unsaturated/α-hetero) is 2. The smallest absolute Gasteiger partial charge is 0.229 e. The van der Waals surface area contributed by atoms with E-state index in [2.05, 4.69) is 9.98 Å². The minimum Gasteiger partial charge on any atom is -0.437 e. The summed E-state index contributed by atoms with van der Waals surface area (Å²) in [7, 11) is 3.86. The Morgan fingerprint density at radius 2 is 2.11 bits per heavy atom. The van der Waals surface area contributed by atoms with Crippen molar-refractivity contribution < 1.29 is 14.0 Å². The molecule has 0 spiro atoms. The number of hydrogen-bond donors (Lipinski definition) is 0. The van der Waals surface area contributed by atoms with E-state index < -0.39 is 0 Å². The lowest BCUT2D eigenvalue weighted by Crippen LogP contribution is -2.27. The first-order valence-corrected chi connectivity index (χ1v) is 6.28. The van der Waals surface area contributed by atoms with E-state index in [0.29, 0.717) is 18.9 Å². The van der Waals surface area contributed by atoms with Crippen molar-refractivity contribution in [1.29, 1.82) is 0 Å². The molecular formula is C13H17N3O3. The molecule has 1 aliphatic carbocycles. The fraction of sp³-hybridized carbons (Fsp3) is 0.538. The van der Waals surface area contributed by atoms with Gasteiger partial charge in [-0.3, -0.25) is 14.6 Å². The zero-order valence-electron chi connectivity index (χ0n) is 11.4. The van der Waals surface area contributed by atoms with Crippen molar-refractivity contribution >= 4 is 17.3 Å². The van der Waals surface area contributed by atoms with Crippen molar-refractivity contribution in [1.82, 2.24) is 9.88 Å². The van der Waals surface area contributed by atoms with Crippen LogP contribution in [0.15, 0.2) is 9.41 Å². The van der Waals surface area contributed by atoms with Gasteiger partial charge in [-0.15, -0.1) is 0 Å². The summed E-state index contributed by atoms with van der Waals surface area (Å²) in [5.41, 5.74) is 0.409. The summed E-state index contributed by atoms with van der Waals surface area (Å²) in [6, 6.07) is 0. The number of aliphatic imine (C=N–C) groups is 1. The second-order valence-corrected chi connectivity index (χ2v) is 4.70. The third-order valence-corrected chi connectivity index (χ3v) is 2.88. The molecule has 19 heavy (non-hydrogen) atoms. The average Bonchev–Trinajstić information content (AvgIpc) is 2.79. The topological polar surface area (TPSA) is 75.8 Å². The van der Waals surface area contributed by atoms with Gasteiger partial charge in [-0.25, -0.2) is 4.98 Å². The number of aryl methyl sites for hydroxylation is 1. The number of aromatic nitrogens is 1. The summed E-state index contributed by atoms with van der Waals surface area (Å²) < 4.78 is 5.28. The first-order valence-electron chi connectivity index (χ1n) is 6.28. The van der Waals surface area contributed by atoms with Gasteiger partial charge in [0.2, 0.25) is 17.3 Å². The monoisotopic (exact) mass is 263 g/mol. The third-order valence-electron chi connectivity index (χ3n) is 2.88. The Morgan fingerprint density at radius 3 is 2.74 bits per heavy atom. The molecule has 1 aromatic heterocycles. The van der Waals surface area contributed by atoms with Crippen LogP contribution in [0.5, 0.6) is 0 Å². The molecule has 0 saturated heterocycles. The minimum atomic E-state index is -0.281. The Labute approximate surface area is 111 Å². The summed E-state index contributed by atoms with van der Waals surface area (Å²) in [5.74, 6) is 0.0110. The van der Waals surface area contributed by atoms with Crippen molar-refractivity contribution in [2.75, 3.05) is 27.2 Å². The number of carbonyl (C=O) groups excluding carboxylic acids is 2. The molecule has 0 atom stereocenters. The lowest BCUT2D eigenvalue weighted by atomic mass is 9.97. The van der Waals surface area contributed by atoms with Crippen molar-refractivity contribution in [2.24, 2.45) is 4.99 Å². The molecule has 1 aliphatic rings. The molecule has 0 aromatic carbocycles. The molecule has 2 rings (SSSR count). The van der Waals surface area contributed by atoms with Gasteiger partial charge in [0, 0.05) is 13.0 Å². The maximum atomic E-state index is 12.1. The maximum absolute atomic E-state index is 12.1. The zero-order valence-corrected chi connectivity index (χ0v) is 11.4. The summed E-state index contributed by atoms with van der Waals surface area (Å²) in [6.45, 7) is 3.09. The van der Waals surface area contributed by atoms with E-state index in [0.717, 1.165) is 6.54 Å². The predicted molar refractivity (Wildman–Crippen MR) is 70.0 cm³/mol.